The molecule has 4 rings (SSSR count). The van der Waals surface area contributed by atoms with Gasteiger partial charge in [-0.1, -0.05) is 30.3 Å². The van der Waals surface area contributed by atoms with Crippen molar-refractivity contribution in [1.82, 2.24) is 4.90 Å². The minimum Gasteiger partial charge on any atom is -0.496 e. The summed E-state index contributed by atoms with van der Waals surface area (Å²) in [7, 11) is 4.88. The Morgan fingerprint density at radius 2 is 1.63 bits per heavy atom. The van der Waals surface area contributed by atoms with Gasteiger partial charge in [0.15, 0.2) is 23.0 Å². The van der Waals surface area contributed by atoms with E-state index < -0.39 is 0 Å². The van der Waals surface area contributed by atoms with E-state index in [4.69, 9.17) is 23.7 Å². The number of methoxy groups -OCH3 is 3. The first-order chi connectivity index (χ1) is 17.0. The van der Waals surface area contributed by atoms with Crippen LogP contribution in [0.4, 0.5) is 0 Å². The number of ether oxygens (including phenoxy) is 5. The van der Waals surface area contributed by atoms with Crippen LogP contribution >= 0.6 is 0 Å². The van der Waals surface area contributed by atoms with Crippen molar-refractivity contribution >= 4 is 5.91 Å². The second-order valence-electron chi connectivity index (χ2n) is 8.33. The molecule has 1 aliphatic heterocycles. The van der Waals surface area contributed by atoms with Crippen molar-refractivity contribution in [2.24, 2.45) is 0 Å². The lowest BCUT2D eigenvalue weighted by Gasteiger charge is -2.26. The van der Waals surface area contributed by atoms with Crippen molar-refractivity contribution < 1.29 is 28.5 Å². The third-order valence-electron chi connectivity index (χ3n) is 6.27. The topological polar surface area (TPSA) is 66.5 Å². The Balaban J connectivity index is 1.60. The number of para-hydroxylation sites is 1. The molecule has 184 valence electrons. The highest BCUT2D eigenvalue weighted by Gasteiger charge is 2.23. The molecule has 7 heteroatoms. The van der Waals surface area contributed by atoms with Crippen molar-refractivity contribution in [2.75, 3.05) is 34.7 Å². The van der Waals surface area contributed by atoms with Gasteiger partial charge in [-0.15, -0.1) is 0 Å². The zero-order valence-electron chi connectivity index (χ0n) is 20.6. The SMILES string of the molecule is COc1ccc(CN(CC[C@@H](c2ccc3c(c2)OCO3)c2ccccc2OC)C(C)=O)cc1OC. The molecule has 7 nitrogen and oxygen atoms in total. The van der Waals surface area contributed by atoms with Crippen LogP contribution < -0.4 is 23.7 Å². The summed E-state index contributed by atoms with van der Waals surface area (Å²) in [6.45, 7) is 2.84. The van der Waals surface area contributed by atoms with Gasteiger partial charge in [0.25, 0.3) is 0 Å². The minimum atomic E-state index is -0.00657. The summed E-state index contributed by atoms with van der Waals surface area (Å²) in [6.07, 6.45) is 0.701. The highest BCUT2D eigenvalue weighted by atomic mass is 16.7. The van der Waals surface area contributed by atoms with Crippen LogP contribution in [-0.2, 0) is 11.3 Å². The predicted octanol–water partition coefficient (Wildman–Crippen LogP) is 5.01. The third kappa shape index (κ3) is 5.45. The number of rotatable bonds is 10. The molecule has 35 heavy (non-hydrogen) atoms. The maximum atomic E-state index is 12.6. The van der Waals surface area contributed by atoms with E-state index >= 15 is 0 Å². The fourth-order valence-corrected chi connectivity index (χ4v) is 4.42. The van der Waals surface area contributed by atoms with E-state index in [0.717, 1.165) is 33.9 Å². The van der Waals surface area contributed by atoms with Gasteiger partial charge in [-0.05, 0) is 47.9 Å². The summed E-state index contributed by atoms with van der Waals surface area (Å²) in [5.41, 5.74) is 3.10. The molecule has 0 aliphatic carbocycles. The highest BCUT2D eigenvalue weighted by molar-refractivity contribution is 5.73. The molecule has 0 bridgehead atoms. The Morgan fingerprint density at radius 3 is 2.37 bits per heavy atom. The summed E-state index contributed by atoms with van der Waals surface area (Å²) < 4.78 is 27.6. The van der Waals surface area contributed by atoms with Gasteiger partial charge in [0.05, 0.1) is 21.3 Å². The molecule has 1 amide bonds. The predicted molar refractivity (Wildman–Crippen MR) is 133 cm³/mol. The molecule has 0 aromatic heterocycles. The fraction of sp³-hybridized carbons (Fsp3) is 0.321. The molecule has 0 spiro atoms. The Labute approximate surface area is 206 Å². The highest BCUT2D eigenvalue weighted by Crippen LogP contribution is 2.40. The Kier molecular flexibility index (Phi) is 7.65. The number of hydrogen-bond acceptors (Lipinski definition) is 6. The van der Waals surface area contributed by atoms with Gasteiger partial charge in [-0.3, -0.25) is 4.79 Å². The van der Waals surface area contributed by atoms with Gasteiger partial charge in [0.1, 0.15) is 5.75 Å². The zero-order chi connectivity index (χ0) is 24.8. The molecule has 0 radical (unpaired) electrons. The molecule has 0 unspecified atom stereocenters. The molecule has 3 aromatic rings. The van der Waals surface area contributed by atoms with Crippen molar-refractivity contribution in [2.45, 2.75) is 25.8 Å². The second kappa shape index (κ2) is 11.0. The van der Waals surface area contributed by atoms with Gasteiger partial charge in [0.2, 0.25) is 12.7 Å². The summed E-state index contributed by atoms with van der Waals surface area (Å²) in [4.78, 5) is 14.4. The summed E-state index contributed by atoms with van der Waals surface area (Å²) >= 11 is 0. The van der Waals surface area contributed by atoms with Gasteiger partial charge in [-0.25, -0.2) is 0 Å². The lowest BCUT2D eigenvalue weighted by atomic mass is 9.87. The van der Waals surface area contributed by atoms with Crippen LogP contribution in [0, 0.1) is 0 Å². The van der Waals surface area contributed by atoms with Gasteiger partial charge in [0, 0.05) is 31.5 Å². The summed E-state index contributed by atoms with van der Waals surface area (Å²) in [5.74, 6) is 3.58. The minimum absolute atomic E-state index is 0.00393. The first-order valence-corrected chi connectivity index (χ1v) is 11.5. The monoisotopic (exact) mass is 477 g/mol. The van der Waals surface area contributed by atoms with Gasteiger partial charge >= 0.3 is 0 Å². The number of amides is 1. The van der Waals surface area contributed by atoms with E-state index in [1.165, 1.54) is 0 Å². The third-order valence-corrected chi connectivity index (χ3v) is 6.27. The second-order valence-corrected chi connectivity index (χ2v) is 8.33. The molecule has 0 fully saturated rings. The molecule has 1 aliphatic rings. The van der Waals surface area contributed by atoms with E-state index in [-0.39, 0.29) is 18.6 Å². The van der Waals surface area contributed by atoms with E-state index in [0.29, 0.717) is 31.0 Å². The number of carbonyl (C=O) groups excluding carboxylic acids is 1. The molecule has 0 saturated carbocycles. The lowest BCUT2D eigenvalue weighted by molar-refractivity contribution is -0.129. The molecule has 1 heterocycles. The summed E-state index contributed by atoms with van der Waals surface area (Å²) in [5, 5.41) is 0. The van der Waals surface area contributed by atoms with Crippen LogP contribution in [0.1, 0.15) is 36.0 Å². The van der Waals surface area contributed by atoms with E-state index in [1.807, 2.05) is 53.4 Å². The van der Waals surface area contributed by atoms with Crippen molar-refractivity contribution in [1.29, 1.82) is 0 Å². The number of nitrogens with zero attached hydrogens (tertiary/aromatic N) is 1. The standard InChI is InChI=1S/C28H31NO6/c1-19(30)29(17-20-9-11-25(32-3)27(15-20)33-4)14-13-22(23-7-5-6-8-24(23)31-2)21-10-12-26-28(16-21)35-18-34-26/h5-12,15-16,22H,13-14,17-18H2,1-4H3/t22-/m0/s1. The largest absolute Gasteiger partial charge is 0.496 e. The molecule has 0 saturated heterocycles. The molecule has 1 atom stereocenters. The normalized spacial score (nSPS) is 12.7. The van der Waals surface area contributed by atoms with Crippen molar-refractivity contribution in [3.8, 4) is 28.7 Å². The molecular weight excluding hydrogens is 446 g/mol. The first kappa shape index (κ1) is 24.3. The van der Waals surface area contributed by atoms with E-state index in [1.54, 1.807) is 28.3 Å². The van der Waals surface area contributed by atoms with E-state index in [2.05, 4.69) is 12.1 Å². The lowest BCUT2D eigenvalue weighted by Crippen LogP contribution is -2.30. The Morgan fingerprint density at radius 1 is 0.886 bits per heavy atom. The van der Waals surface area contributed by atoms with Crippen molar-refractivity contribution in [3.63, 3.8) is 0 Å². The van der Waals surface area contributed by atoms with Crippen LogP contribution in [0.15, 0.2) is 60.7 Å². The van der Waals surface area contributed by atoms with Crippen LogP contribution in [0.3, 0.4) is 0 Å². The smallest absolute Gasteiger partial charge is 0.231 e. The average molecular weight is 478 g/mol. The average Bonchev–Trinajstić information content (AvgIpc) is 3.36. The molecular formula is C28H31NO6. The number of benzene rings is 3. The summed E-state index contributed by atoms with van der Waals surface area (Å²) in [6, 6.07) is 19.7. The maximum Gasteiger partial charge on any atom is 0.231 e. The molecule has 3 aromatic carbocycles. The number of hydrogen-bond donors (Lipinski definition) is 0. The fourth-order valence-electron chi connectivity index (χ4n) is 4.42. The maximum absolute atomic E-state index is 12.6. The molecule has 0 N–H and O–H groups in total. The first-order valence-electron chi connectivity index (χ1n) is 11.5. The van der Waals surface area contributed by atoms with Gasteiger partial charge in [-0.2, -0.15) is 0 Å². The van der Waals surface area contributed by atoms with Gasteiger partial charge < -0.3 is 28.6 Å². The van der Waals surface area contributed by atoms with Crippen molar-refractivity contribution in [3.05, 3.63) is 77.4 Å². The number of carbonyl (C=O) groups is 1. The van der Waals surface area contributed by atoms with Crippen LogP contribution in [-0.4, -0.2) is 45.5 Å². The Hall–Kier alpha value is -3.87. The van der Waals surface area contributed by atoms with E-state index in [9.17, 15) is 4.79 Å². The van der Waals surface area contributed by atoms with Crippen LogP contribution in [0.2, 0.25) is 0 Å². The Bertz CT molecular complexity index is 1180. The zero-order valence-corrected chi connectivity index (χ0v) is 20.6. The van der Waals surface area contributed by atoms with Crippen LogP contribution in [0.5, 0.6) is 28.7 Å². The quantitative estimate of drug-likeness (QED) is 0.409. The van der Waals surface area contributed by atoms with Crippen LogP contribution in [0.25, 0.3) is 0 Å². The number of fused-ring (bicyclic) bond motifs is 1.